The average molecular weight is 411 g/mol. The van der Waals surface area contributed by atoms with E-state index in [1.54, 1.807) is 0 Å². The minimum absolute atomic E-state index is 0.259. The fourth-order valence-electron chi connectivity index (χ4n) is 4.44. The maximum Gasteiger partial charge on any atom is 0.0346 e. The third-order valence-corrected chi connectivity index (χ3v) is 6.05. The number of hydrogen-bond donors (Lipinski definition) is 0. The van der Waals surface area contributed by atoms with Crippen molar-refractivity contribution in [3.8, 4) is 0 Å². The van der Waals surface area contributed by atoms with Crippen molar-refractivity contribution in [3.05, 3.63) is 141 Å². The highest BCUT2D eigenvalue weighted by Crippen LogP contribution is 2.49. The summed E-state index contributed by atoms with van der Waals surface area (Å²) < 4.78 is 1.13. The first-order chi connectivity index (χ1) is 13.3. The molecule has 0 saturated heterocycles. The molecule has 0 aromatic heterocycles. The van der Waals surface area contributed by atoms with Crippen molar-refractivity contribution in [2.24, 2.45) is 0 Å². The van der Waals surface area contributed by atoms with E-state index in [4.69, 9.17) is 0 Å². The van der Waals surface area contributed by atoms with Gasteiger partial charge in [-0.25, -0.2) is 0 Å². The van der Waals surface area contributed by atoms with Crippen molar-refractivity contribution >= 4 is 15.9 Å². The molecule has 0 amide bonds. The van der Waals surface area contributed by atoms with Crippen LogP contribution < -0.4 is 0 Å². The molecule has 4 aromatic rings. The summed E-state index contributed by atoms with van der Waals surface area (Å²) in [6.45, 7) is 0. The minimum Gasteiger partial charge on any atom is -0.0622 e. The van der Waals surface area contributed by atoms with Crippen molar-refractivity contribution in [3.63, 3.8) is 0 Å². The minimum atomic E-state index is 0.259. The van der Waals surface area contributed by atoms with E-state index in [-0.39, 0.29) is 11.8 Å². The van der Waals surface area contributed by atoms with Crippen molar-refractivity contribution < 1.29 is 0 Å². The molecule has 0 radical (unpaired) electrons. The number of halogens is 1. The van der Waals surface area contributed by atoms with Crippen molar-refractivity contribution in [1.82, 2.24) is 0 Å². The molecular formula is C26H19Br. The van der Waals surface area contributed by atoms with Gasteiger partial charge in [0.15, 0.2) is 0 Å². The summed E-state index contributed by atoms with van der Waals surface area (Å²) >= 11 is 3.71. The quantitative estimate of drug-likeness (QED) is 0.290. The van der Waals surface area contributed by atoms with Crippen LogP contribution in [0.25, 0.3) is 0 Å². The van der Waals surface area contributed by atoms with Gasteiger partial charge in [0.2, 0.25) is 0 Å². The van der Waals surface area contributed by atoms with Gasteiger partial charge in [-0.05, 0) is 45.5 Å². The summed E-state index contributed by atoms with van der Waals surface area (Å²) in [5.74, 6) is 0.528. The summed E-state index contributed by atoms with van der Waals surface area (Å²) in [4.78, 5) is 0. The largest absolute Gasteiger partial charge is 0.0622 e. The van der Waals surface area contributed by atoms with Gasteiger partial charge in [-0.3, -0.25) is 0 Å². The molecule has 0 N–H and O–H groups in total. The molecule has 4 aromatic carbocycles. The van der Waals surface area contributed by atoms with E-state index in [1.807, 2.05) is 0 Å². The zero-order valence-electron chi connectivity index (χ0n) is 14.8. The van der Waals surface area contributed by atoms with Crippen LogP contribution in [0, 0.1) is 0 Å². The molecule has 1 aliphatic rings. The Morgan fingerprint density at radius 3 is 1.44 bits per heavy atom. The van der Waals surface area contributed by atoms with Gasteiger partial charge in [0.1, 0.15) is 0 Å². The van der Waals surface area contributed by atoms with Crippen LogP contribution in [0.2, 0.25) is 0 Å². The second-order valence-electron chi connectivity index (χ2n) is 7.09. The van der Waals surface area contributed by atoms with E-state index in [0.717, 1.165) is 4.47 Å². The molecular weight excluding hydrogens is 392 g/mol. The van der Waals surface area contributed by atoms with Gasteiger partial charge in [-0.15, -0.1) is 0 Å². The zero-order valence-corrected chi connectivity index (χ0v) is 16.4. The molecule has 0 aliphatic heterocycles. The summed E-state index contributed by atoms with van der Waals surface area (Å²) in [6, 6.07) is 37.4. The van der Waals surface area contributed by atoms with Gasteiger partial charge < -0.3 is 0 Å². The van der Waals surface area contributed by atoms with E-state index >= 15 is 0 Å². The maximum absolute atomic E-state index is 3.71. The lowest BCUT2D eigenvalue weighted by molar-refractivity contribution is 0.821. The predicted octanol–water partition coefficient (Wildman–Crippen LogP) is 7.12. The Bertz CT molecular complexity index is 1080. The second-order valence-corrected chi connectivity index (χ2v) is 8.01. The van der Waals surface area contributed by atoms with E-state index < -0.39 is 0 Å². The van der Waals surface area contributed by atoms with Crippen LogP contribution >= 0.6 is 15.9 Å². The Morgan fingerprint density at radius 1 is 0.444 bits per heavy atom. The molecule has 0 fully saturated rings. The first-order valence-electron chi connectivity index (χ1n) is 9.31. The first kappa shape index (κ1) is 16.5. The van der Waals surface area contributed by atoms with E-state index in [1.165, 1.54) is 33.4 Å². The summed E-state index contributed by atoms with van der Waals surface area (Å²) in [6.07, 6.45) is 0. The van der Waals surface area contributed by atoms with Gasteiger partial charge in [0.05, 0.1) is 0 Å². The smallest absolute Gasteiger partial charge is 0.0346 e. The van der Waals surface area contributed by atoms with Crippen LogP contribution in [0.1, 0.15) is 45.2 Å². The summed E-state index contributed by atoms with van der Waals surface area (Å²) in [7, 11) is 0. The fourth-order valence-corrected chi connectivity index (χ4v) is 4.82. The highest BCUT2D eigenvalue weighted by atomic mass is 79.9. The molecule has 2 atom stereocenters. The maximum atomic E-state index is 3.71. The molecule has 130 valence electrons. The van der Waals surface area contributed by atoms with E-state index in [0.29, 0.717) is 0 Å². The lowest BCUT2D eigenvalue weighted by Crippen LogP contribution is -2.20. The van der Waals surface area contributed by atoms with Gasteiger partial charge in [0, 0.05) is 16.3 Å². The molecule has 1 aliphatic carbocycles. The van der Waals surface area contributed by atoms with Crippen LogP contribution in [0.3, 0.4) is 0 Å². The lowest BCUT2D eigenvalue weighted by Gasteiger charge is -2.35. The number of fused-ring (bicyclic) bond motifs is 2. The normalized spacial score (nSPS) is 17.8. The van der Waals surface area contributed by atoms with Crippen LogP contribution in [0.4, 0.5) is 0 Å². The van der Waals surface area contributed by atoms with E-state index in [9.17, 15) is 0 Å². The Morgan fingerprint density at radius 2 is 0.889 bits per heavy atom. The predicted molar refractivity (Wildman–Crippen MR) is 115 cm³/mol. The van der Waals surface area contributed by atoms with Crippen molar-refractivity contribution in [1.29, 1.82) is 0 Å². The number of benzene rings is 4. The number of rotatable bonds is 2. The molecule has 0 spiro atoms. The Hall–Kier alpha value is -2.64. The fraction of sp³-hybridized carbons (Fsp3) is 0.0769. The molecule has 0 nitrogen and oxygen atoms in total. The molecule has 1 heteroatoms. The highest BCUT2D eigenvalue weighted by Gasteiger charge is 2.33. The van der Waals surface area contributed by atoms with Gasteiger partial charge >= 0.3 is 0 Å². The first-order valence-corrected chi connectivity index (χ1v) is 10.1. The van der Waals surface area contributed by atoms with Gasteiger partial charge in [0.25, 0.3) is 0 Å². The average Bonchev–Trinajstić information content (AvgIpc) is 2.73. The summed E-state index contributed by atoms with van der Waals surface area (Å²) in [5.41, 5.74) is 8.30. The van der Waals surface area contributed by atoms with Crippen LogP contribution in [-0.2, 0) is 0 Å². The molecule has 0 saturated carbocycles. The highest BCUT2D eigenvalue weighted by molar-refractivity contribution is 9.10. The molecule has 0 heterocycles. The Labute approximate surface area is 168 Å². The summed E-state index contributed by atoms with van der Waals surface area (Å²) in [5, 5.41) is 0. The van der Waals surface area contributed by atoms with Gasteiger partial charge in [-0.1, -0.05) is 107 Å². The molecule has 2 unspecified atom stereocenters. The topological polar surface area (TPSA) is 0 Å². The molecule has 5 rings (SSSR count). The van der Waals surface area contributed by atoms with Crippen molar-refractivity contribution in [2.75, 3.05) is 0 Å². The standard InChI is InChI=1S/C26H19Br/c27-20-15-16-23-24(17-20)26(19-11-5-2-6-12-19)22-14-8-7-13-21(22)25(23)18-9-3-1-4-10-18/h1-17,25-26H. The third kappa shape index (κ3) is 2.83. The zero-order chi connectivity index (χ0) is 18.2. The SMILES string of the molecule is Brc1ccc2c(c1)C(c1ccccc1)c1ccccc1C2c1ccccc1. The Balaban J connectivity index is 1.82. The monoisotopic (exact) mass is 410 g/mol. The number of hydrogen-bond acceptors (Lipinski definition) is 0. The Kier molecular flexibility index (Phi) is 4.18. The van der Waals surface area contributed by atoms with Crippen LogP contribution in [0.15, 0.2) is 108 Å². The molecule has 0 bridgehead atoms. The van der Waals surface area contributed by atoms with Crippen molar-refractivity contribution in [2.45, 2.75) is 11.8 Å². The van der Waals surface area contributed by atoms with Gasteiger partial charge in [-0.2, -0.15) is 0 Å². The lowest BCUT2D eigenvalue weighted by atomic mass is 9.68. The van der Waals surface area contributed by atoms with Crippen LogP contribution in [-0.4, -0.2) is 0 Å². The van der Waals surface area contributed by atoms with E-state index in [2.05, 4.69) is 119 Å². The third-order valence-electron chi connectivity index (χ3n) is 5.55. The van der Waals surface area contributed by atoms with Crippen LogP contribution in [0.5, 0.6) is 0 Å². The molecule has 27 heavy (non-hydrogen) atoms. The second kappa shape index (κ2) is 6.83.